The number of aromatic nitrogens is 3. The number of carbonyl (C=O) groups excluding carboxylic acids is 1. The largest absolute Gasteiger partial charge is 0.489 e. The average Bonchev–Trinajstić information content (AvgIpc) is 3.37. The summed E-state index contributed by atoms with van der Waals surface area (Å²) in [5.74, 6) is 1.65. The monoisotopic (exact) mass is 560 g/mol. The zero-order valence-corrected chi connectivity index (χ0v) is 23.3. The molecule has 2 heterocycles. The minimum Gasteiger partial charge on any atom is -0.489 e. The number of benzene rings is 3. The first kappa shape index (κ1) is 26.8. The van der Waals surface area contributed by atoms with Crippen LogP contribution in [0.1, 0.15) is 43.0 Å². The maximum Gasteiger partial charge on any atom is 0.338 e. The summed E-state index contributed by atoms with van der Waals surface area (Å²) in [6, 6.07) is 25.0. The zero-order valence-electron chi connectivity index (χ0n) is 21.8. The van der Waals surface area contributed by atoms with Crippen LogP contribution >= 0.6 is 23.4 Å². The Morgan fingerprint density at radius 3 is 2.54 bits per heavy atom. The van der Waals surface area contributed by atoms with Crippen molar-refractivity contribution in [1.82, 2.24) is 14.8 Å². The quantitative estimate of drug-likeness (QED) is 0.164. The van der Waals surface area contributed by atoms with Crippen LogP contribution in [0.25, 0.3) is 0 Å². The number of fused-ring (bicyclic) bond motifs is 1. The van der Waals surface area contributed by atoms with E-state index >= 15 is 0 Å². The number of ether oxygens (including phenoxy) is 2. The summed E-state index contributed by atoms with van der Waals surface area (Å²) < 4.78 is 13.3. The van der Waals surface area contributed by atoms with Crippen molar-refractivity contribution >= 4 is 35.3 Å². The summed E-state index contributed by atoms with van der Waals surface area (Å²) in [6.07, 6.45) is 0.739. The highest BCUT2D eigenvalue weighted by Gasteiger charge is 2.35. The van der Waals surface area contributed by atoms with Gasteiger partial charge in [0, 0.05) is 22.0 Å². The van der Waals surface area contributed by atoms with Gasteiger partial charge in [0.1, 0.15) is 18.4 Å². The smallest absolute Gasteiger partial charge is 0.338 e. The Bertz CT molecular complexity index is 1470. The first-order valence-electron chi connectivity index (χ1n) is 12.8. The van der Waals surface area contributed by atoms with Crippen molar-refractivity contribution in [3.05, 3.63) is 112 Å². The second-order valence-electron chi connectivity index (χ2n) is 9.09. The molecule has 7 nitrogen and oxygen atoms in total. The second kappa shape index (κ2) is 12.4. The predicted molar refractivity (Wildman–Crippen MR) is 154 cm³/mol. The molecular formula is C30H29ClN4O3S. The van der Waals surface area contributed by atoms with Gasteiger partial charge in [0.25, 0.3) is 0 Å². The van der Waals surface area contributed by atoms with Crippen molar-refractivity contribution in [2.45, 2.75) is 43.8 Å². The molecule has 39 heavy (non-hydrogen) atoms. The summed E-state index contributed by atoms with van der Waals surface area (Å²) in [5.41, 5.74) is 4.17. The topological polar surface area (TPSA) is 78.3 Å². The SMILES string of the molecule is CCCOC(=O)C1=C(C)Nc2nc(SCc3ccccc3)nn2C1c1ccc(OCc2ccccc2Cl)cc1. The third-order valence-electron chi connectivity index (χ3n) is 6.25. The fourth-order valence-corrected chi connectivity index (χ4v) is 5.26. The normalized spacial score (nSPS) is 14.5. The van der Waals surface area contributed by atoms with Gasteiger partial charge < -0.3 is 14.8 Å². The van der Waals surface area contributed by atoms with E-state index in [1.807, 2.05) is 80.6 Å². The lowest BCUT2D eigenvalue weighted by Gasteiger charge is -2.28. The molecule has 0 amide bonds. The molecule has 1 N–H and O–H groups in total. The number of allylic oxidation sites excluding steroid dienone is 1. The Hall–Kier alpha value is -3.75. The zero-order chi connectivity index (χ0) is 27.2. The van der Waals surface area contributed by atoms with E-state index < -0.39 is 6.04 Å². The molecule has 0 spiro atoms. The number of hydrogen-bond donors (Lipinski definition) is 1. The van der Waals surface area contributed by atoms with Gasteiger partial charge in [-0.1, -0.05) is 91.0 Å². The van der Waals surface area contributed by atoms with Gasteiger partial charge in [-0.2, -0.15) is 4.98 Å². The van der Waals surface area contributed by atoms with Gasteiger partial charge in [-0.15, -0.1) is 5.10 Å². The molecule has 0 saturated carbocycles. The number of hydrogen-bond acceptors (Lipinski definition) is 7. The summed E-state index contributed by atoms with van der Waals surface area (Å²) in [7, 11) is 0. The highest BCUT2D eigenvalue weighted by molar-refractivity contribution is 7.98. The summed E-state index contributed by atoms with van der Waals surface area (Å²) >= 11 is 7.82. The molecule has 0 bridgehead atoms. The van der Waals surface area contributed by atoms with Gasteiger partial charge in [-0.25, -0.2) is 9.48 Å². The van der Waals surface area contributed by atoms with Crippen LogP contribution in [0.5, 0.6) is 5.75 Å². The van der Waals surface area contributed by atoms with E-state index in [0.717, 1.165) is 23.3 Å². The number of halogens is 1. The Kier molecular flexibility index (Phi) is 8.54. The maximum absolute atomic E-state index is 13.2. The molecule has 200 valence electrons. The molecule has 0 radical (unpaired) electrons. The van der Waals surface area contributed by atoms with Gasteiger partial charge >= 0.3 is 5.97 Å². The highest BCUT2D eigenvalue weighted by atomic mass is 35.5. The van der Waals surface area contributed by atoms with Gasteiger partial charge in [0.2, 0.25) is 11.1 Å². The molecule has 1 unspecified atom stereocenters. The standard InChI is InChI=1S/C30H29ClN4O3S/c1-3-17-37-28(36)26-20(2)32-29-33-30(39-19-21-9-5-4-6-10-21)34-35(29)27(26)22-13-15-24(16-14-22)38-18-23-11-7-8-12-25(23)31/h4-16,27H,3,17-19H2,1-2H3,(H,32,33,34). The maximum atomic E-state index is 13.2. The molecule has 0 fully saturated rings. The number of nitrogens with one attached hydrogen (secondary N) is 1. The lowest BCUT2D eigenvalue weighted by molar-refractivity contribution is -0.139. The number of anilines is 1. The van der Waals surface area contributed by atoms with Gasteiger partial charge in [-0.3, -0.25) is 0 Å². The van der Waals surface area contributed by atoms with E-state index in [0.29, 0.717) is 46.4 Å². The minimum absolute atomic E-state index is 0.347. The number of rotatable bonds is 10. The lowest BCUT2D eigenvalue weighted by Crippen LogP contribution is -2.29. The van der Waals surface area contributed by atoms with Gasteiger partial charge in [-0.05, 0) is 42.7 Å². The van der Waals surface area contributed by atoms with Crippen molar-refractivity contribution in [2.75, 3.05) is 11.9 Å². The molecule has 5 rings (SSSR count). The van der Waals surface area contributed by atoms with E-state index in [1.165, 1.54) is 5.56 Å². The molecule has 9 heteroatoms. The van der Waals surface area contributed by atoms with Crippen LogP contribution < -0.4 is 10.1 Å². The van der Waals surface area contributed by atoms with Crippen molar-refractivity contribution < 1.29 is 14.3 Å². The molecular weight excluding hydrogens is 532 g/mol. The van der Waals surface area contributed by atoms with Crippen molar-refractivity contribution in [3.63, 3.8) is 0 Å². The van der Waals surface area contributed by atoms with E-state index in [4.69, 9.17) is 31.2 Å². The minimum atomic E-state index is -0.498. The van der Waals surface area contributed by atoms with Crippen LogP contribution in [0.3, 0.4) is 0 Å². The van der Waals surface area contributed by atoms with E-state index in [2.05, 4.69) is 17.4 Å². The van der Waals surface area contributed by atoms with E-state index in [1.54, 1.807) is 16.4 Å². The van der Waals surface area contributed by atoms with Crippen molar-refractivity contribution in [1.29, 1.82) is 0 Å². The van der Waals surface area contributed by atoms with E-state index in [9.17, 15) is 4.79 Å². The van der Waals surface area contributed by atoms with Crippen LogP contribution in [0.15, 0.2) is 95.3 Å². The van der Waals surface area contributed by atoms with Gasteiger partial charge in [0.05, 0.1) is 12.2 Å². The molecule has 1 aromatic heterocycles. The fourth-order valence-electron chi connectivity index (χ4n) is 4.28. The van der Waals surface area contributed by atoms with Crippen molar-refractivity contribution in [2.24, 2.45) is 0 Å². The third-order valence-corrected chi connectivity index (χ3v) is 7.53. The second-order valence-corrected chi connectivity index (χ2v) is 10.4. The van der Waals surface area contributed by atoms with Crippen LogP contribution in [0.2, 0.25) is 5.02 Å². The van der Waals surface area contributed by atoms with Crippen LogP contribution in [-0.4, -0.2) is 27.3 Å². The Balaban J connectivity index is 1.41. The molecule has 0 aliphatic carbocycles. The predicted octanol–water partition coefficient (Wildman–Crippen LogP) is 7.04. The van der Waals surface area contributed by atoms with Crippen molar-refractivity contribution in [3.8, 4) is 5.75 Å². The number of carbonyl (C=O) groups is 1. The first-order chi connectivity index (χ1) is 19.0. The lowest BCUT2D eigenvalue weighted by atomic mass is 9.96. The summed E-state index contributed by atoms with van der Waals surface area (Å²) in [4.78, 5) is 17.9. The van der Waals surface area contributed by atoms with Crippen LogP contribution in [-0.2, 0) is 21.9 Å². The van der Waals surface area contributed by atoms with Crippen LogP contribution in [0.4, 0.5) is 5.95 Å². The number of nitrogens with zero attached hydrogens (tertiary/aromatic N) is 3. The highest BCUT2D eigenvalue weighted by Crippen LogP contribution is 2.37. The van der Waals surface area contributed by atoms with Gasteiger partial charge in [0.15, 0.2) is 0 Å². The summed E-state index contributed by atoms with van der Waals surface area (Å²) in [5, 5.41) is 9.35. The van der Waals surface area contributed by atoms with E-state index in [-0.39, 0.29) is 5.97 Å². The molecule has 3 aromatic carbocycles. The fraction of sp³-hybridized carbons (Fsp3) is 0.233. The third kappa shape index (κ3) is 6.29. The number of esters is 1. The molecule has 4 aromatic rings. The molecule has 1 aliphatic rings. The molecule has 1 aliphatic heterocycles. The van der Waals surface area contributed by atoms with Crippen LogP contribution in [0, 0.1) is 0 Å². The number of thioether (sulfide) groups is 1. The first-order valence-corrected chi connectivity index (χ1v) is 14.1. The average molecular weight is 561 g/mol. The summed E-state index contributed by atoms with van der Waals surface area (Å²) in [6.45, 7) is 4.54. The Morgan fingerprint density at radius 2 is 1.79 bits per heavy atom. The molecule has 0 saturated heterocycles. The molecule has 1 atom stereocenters. The Morgan fingerprint density at radius 1 is 1.05 bits per heavy atom. The Labute approximate surface area is 237 Å².